The van der Waals surface area contributed by atoms with Gasteiger partial charge in [-0.05, 0) is 42.5 Å². The number of nitrogens with zero attached hydrogens (tertiary/aromatic N) is 2. The van der Waals surface area contributed by atoms with Crippen LogP contribution < -0.4 is 0 Å². The van der Waals surface area contributed by atoms with Crippen LogP contribution in [0.1, 0.15) is 53.2 Å². The quantitative estimate of drug-likeness (QED) is 0.931. The molecular formula is C16H18N2O2. The molecule has 3 rings (SSSR count). The third kappa shape index (κ3) is 2.11. The molecule has 2 unspecified atom stereocenters. The van der Waals surface area contributed by atoms with E-state index in [1.807, 2.05) is 24.7 Å². The van der Waals surface area contributed by atoms with Crippen LogP contribution in [-0.4, -0.2) is 20.6 Å². The van der Waals surface area contributed by atoms with E-state index in [1.165, 1.54) is 11.1 Å². The highest BCUT2D eigenvalue weighted by molar-refractivity contribution is 5.88. The highest BCUT2D eigenvalue weighted by atomic mass is 16.4. The van der Waals surface area contributed by atoms with Crippen molar-refractivity contribution in [2.75, 3.05) is 0 Å². The third-order valence-corrected chi connectivity index (χ3v) is 4.31. The number of fused-ring (bicyclic) bond motifs is 1. The van der Waals surface area contributed by atoms with Crippen LogP contribution in [0.15, 0.2) is 36.9 Å². The van der Waals surface area contributed by atoms with Gasteiger partial charge in [0.25, 0.3) is 0 Å². The van der Waals surface area contributed by atoms with Gasteiger partial charge in [-0.25, -0.2) is 9.78 Å². The maximum atomic E-state index is 11.2. The number of hydrogen-bond acceptors (Lipinski definition) is 2. The van der Waals surface area contributed by atoms with Crippen LogP contribution in [0.4, 0.5) is 0 Å². The minimum absolute atomic E-state index is 0.354. The number of aromatic nitrogens is 2. The van der Waals surface area contributed by atoms with E-state index in [0.29, 0.717) is 17.5 Å². The molecule has 1 aliphatic rings. The Morgan fingerprint density at radius 2 is 2.35 bits per heavy atom. The molecule has 1 aromatic carbocycles. The average Bonchev–Trinajstić information content (AvgIpc) is 2.99. The zero-order valence-corrected chi connectivity index (χ0v) is 11.5. The predicted molar refractivity (Wildman–Crippen MR) is 76.0 cm³/mol. The second-order valence-electron chi connectivity index (χ2n) is 5.35. The molecule has 4 heteroatoms. The van der Waals surface area contributed by atoms with Gasteiger partial charge in [-0.2, -0.15) is 0 Å². The lowest BCUT2D eigenvalue weighted by Gasteiger charge is -2.34. The van der Waals surface area contributed by atoms with Gasteiger partial charge in [0.05, 0.1) is 11.9 Å². The molecule has 1 aromatic heterocycles. The van der Waals surface area contributed by atoms with Gasteiger partial charge in [-0.3, -0.25) is 0 Å². The van der Waals surface area contributed by atoms with E-state index in [2.05, 4.69) is 16.5 Å². The van der Waals surface area contributed by atoms with Gasteiger partial charge >= 0.3 is 5.97 Å². The van der Waals surface area contributed by atoms with Crippen molar-refractivity contribution in [2.45, 2.75) is 38.1 Å². The molecule has 0 bridgehead atoms. The van der Waals surface area contributed by atoms with Crippen molar-refractivity contribution in [3.05, 3.63) is 53.6 Å². The van der Waals surface area contributed by atoms with Gasteiger partial charge in [0.15, 0.2) is 0 Å². The Bertz CT molecular complexity index is 619. The molecule has 1 N–H and O–H groups in total. The number of hydrogen-bond donors (Lipinski definition) is 1. The minimum Gasteiger partial charge on any atom is -0.478 e. The molecule has 20 heavy (non-hydrogen) atoms. The summed E-state index contributed by atoms with van der Waals surface area (Å²) >= 11 is 0. The number of carboxylic acids is 1. The van der Waals surface area contributed by atoms with E-state index < -0.39 is 5.97 Å². The van der Waals surface area contributed by atoms with E-state index in [-0.39, 0.29) is 0 Å². The lowest BCUT2D eigenvalue weighted by molar-refractivity contribution is 0.0696. The molecule has 4 nitrogen and oxygen atoms in total. The second kappa shape index (κ2) is 5.12. The standard InChI is InChI=1S/C16H18N2O2/c1-2-13-14-9-12(16(19)20)4-3-11(14)5-6-15(13)18-8-7-17-10-18/h3-4,7-10,13,15H,2,5-6H2,1H3,(H,19,20). The first kappa shape index (κ1) is 12.9. The van der Waals surface area contributed by atoms with Crippen molar-refractivity contribution in [1.29, 1.82) is 0 Å². The van der Waals surface area contributed by atoms with Gasteiger partial charge in [0.2, 0.25) is 0 Å². The smallest absolute Gasteiger partial charge is 0.335 e. The number of carbonyl (C=O) groups is 1. The fourth-order valence-electron chi connectivity index (χ4n) is 3.33. The van der Waals surface area contributed by atoms with Crippen molar-refractivity contribution >= 4 is 5.97 Å². The molecule has 0 saturated heterocycles. The van der Waals surface area contributed by atoms with E-state index in [1.54, 1.807) is 12.3 Å². The molecular weight excluding hydrogens is 252 g/mol. The Hall–Kier alpha value is -2.10. The SMILES string of the molecule is CCC1c2cc(C(=O)O)ccc2CCC1n1ccnc1. The molecule has 0 amide bonds. The summed E-state index contributed by atoms with van der Waals surface area (Å²) in [5, 5.41) is 9.18. The van der Waals surface area contributed by atoms with Crippen LogP contribution >= 0.6 is 0 Å². The molecule has 0 radical (unpaired) electrons. The summed E-state index contributed by atoms with van der Waals surface area (Å²) in [6.45, 7) is 2.16. The summed E-state index contributed by atoms with van der Waals surface area (Å²) in [4.78, 5) is 15.3. The first-order valence-electron chi connectivity index (χ1n) is 7.04. The number of rotatable bonds is 3. The van der Waals surface area contributed by atoms with E-state index in [0.717, 1.165) is 19.3 Å². The third-order valence-electron chi connectivity index (χ3n) is 4.31. The Morgan fingerprint density at radius 3 is 3.00 bits per heavy atom. The van der Waals surface area contributed by atoms with Gasteiger partial charge in [-0.1, -0.05) is 13.0 Å². The molecule has 0 aliphatic heterocycles. The minimum atomic E-state index is -0.854. The lowest BCUT2D eigenvalue weighted by atomic mass is 9.77. The van der Waals surface area contributed by atoms with Gasteiger partial charge in [0, 0.05) is 24.4 Å². The highest BCUT2D eigenvalue weighted by Crippen LogP contribution is 2.41. The molecule has 0 fully saturated rings. The normalized spacial score (nSPS) is 21.4. The summed E-state index contributed by atoms with van der Waals surface area (Å²) in [5.41, 5.74) is 2.86. The van der Waals surface area contributed by atoms with Crippen LogP contribution in [0.25, 0.3) is 0 Å². The Balaban J connectivity index is 2.03. The number of benzene rings is 1. The van der Waals surface area contributed by atoms with Crippen LogP contribution in [0.5, 0.6) is 0 Å². The number of imidazole rings is 1. The summed E-state index contributed by atoms with van der Waals surface area (Å²) in [5.74, 6) is -0.500. The van der Waals surface area contributed by atoms with Gasteiger partial charge in [0.1, 0.15) is 0 Å². The van der Waals surface area contributed by atoms with Gasteiger partial charge < -0.3 is 9.67 Å². The van der Waals surface area contributed by atoms with E-state index in [9.17, 15) is 9.90 Å². The first-order valence-corrected chi connectivity index (χ1v) is 7.04. The largest absolute Gasteiger partial charge is 0.478 e. The average molecular weight is 270 g/mol. The van der Waals surface area contributed by atoms with Crippen LogP contribution in [0, 0.1) is 0 Å². The van der Waals surface area contributed by atoms with Crippen LogP contribution in [0.3, 0.4) is 0 Å². The topological polar surface area (TPSA) is 55.1 Å². The summed E-state index contributed by atoms with van der Waals surface area (Å²) in [6.07, 6.45) is 8.73. The molecule has 0 spiro atoms. The van der Waals surface area contributed by atoms with Crippen molar-refractivity contribution < 1.29 is 9.90 Å². The lowest BCUT2D eigenvalue weighted by Crippen LogP contribution is -2.23. The Labute approximate surface area is 118 Å². The number of carboxylic acid groups (broad SMARTS) is 1. The van der Waals surface area contributed by atoms with Crippen molar-refractivity contribution in [3.63, 3.8) is 0 Å². The van der Waals surface area contributed by atoms with E-state index in [4.69, 9.17) is 0 Å². The zero-order valence-electron chi connectivity index (χ0n) is 11.5. The molecule has 104 valence electrons. The first-order chi connectivity index (χ1) is 9.70. The van der Waals surface area contributed by atoms with Crippen molar-refractivity contribution in [3.8, 4) is 0 Å². The monoisotopic (exact) mass is 270 g/mol. The molecule has 1 aliphatic carbocycles. The molecule has 2 atom stereocenters. The number of aromatic carboxylic acids is 1. The highest BCUT2D eigenvalue weighted by Gasteiger charge is 2.29. The second-order valence-corrected chi connectivity index (χ2v) is 5.35. The Morgan fingerprint density at radius 1 is 1.50 bits per heavy atom. The zero-order chi connectivity index (χ0) is 14.1. The Kier molecular flexibility index (Phi) is 3.30. The van der Waals surface area contributed by atoms with E-state index >= 15 is 0 Å². The fraction of sp³-hybridized carbons (Fsp3) is 0.375. The number of aryl methyl sites for hydroxylation is 1. The maximum Gasteiger partial charge on any atom is 0.335 e. The summed E-state index contributed by atoms with van der Waals surface area (Å²) in [7, 11) is 0. The summed E-state index contributed by atoms with van der Waals surface area (Å²) < 4.78 is 2.16. The molecule has 1 heterocycles. The maximum absolute atomic E-state index is 11.2. The van der Waals surface area contributed by atoms with Crippen LogP contribution in [-0.2, 0) is 6.42 Å². The summed E-state index contributed by atoms with van der Waals surface area (Å²) in [6, 6.07) is 5.92. The van der Waals surface area contributed by atoms with Gasteiger partial charge in [-0.15, -0.1) is 0 Å². The molecule has 2 aromatic rings. The fourth-order valence-corrected chi connectivity index (χ4v) is 3.33. The van der Waals surface area contributed by atoms with Crippen molar-refractivity contribution in [1.82, 2.24) is 9.55 Å². The predicted octanol–water partition coefficient (Wildman–Crippen LogP) is 3.26. The van der Waals surface area contributed by atoms with Crippen LogP contribution in [0.2, 0.25) is 0 Å². The van der Waals surface area contributed by atoms with Crippen molar-refractivity contribution in [2.24, 2.45) is 0 Å². The molecule has 0 saturated carbocycles.